The van der Waals surface area contributed by atoms with Crippen molar-refractivity contribution < 1.29 is 4.79 Å². The fourth-order valence-electron chi connectivity index (χ4n) is 3.52. The van der Waals surface area contributed by atoms with Crippen LogP contribution in [0.2, 0.25) is 0 Å². The molecule has 1 atom stereocenters. The number of amides is 1. The predicted octanol–water partition coefficient (Wildman–Crippen LogP) is 1.59. The number of aromatic nitrogens is 6. The van der Waals surface area contributed by atoms with E-state index in [4.69, 9.17) is 0 Å². The Labute approximate surface area is 164 Å². The largest absolute Gasteiger partial charge is 0.351 e. The van der Waals surface area contributed by atoms with E-state index in [1.807, 2.05) is 34.2 Å². The van der Waals surface area contributed by atoms with Crippen LogP contribution in [0.3, 0.4) is 0 Å². The van der Waals surface area contributed by atoms with Crippen molar-refractivity contribution in [2.75, 3.05) is 18.0 Å². The summed E-state index contributed by atoms with van der Waals surface area (Å²) < 4.78 is 3.48. The van der Waals surface area contributed by atoms with Gasteiger partial charge < -0.3 is 10.2 Å². The molecule has 10 heteroatoms. The average molecular weight is 394 g/mol. The fraction of sp³-hybridized carbons (Fsp3) is 0.278. The van der Waals surface area contributed by atoms with Crippen molar-refractivity contribution in [2.24, 2.45) is 7.05 Å². The summed E-state index contributed by atoms with van der Waals surface area (Å²) in [4.78, 5) is 20.4. The van der Waals surface area contributed by atoms with Crippen LogP contribution in [0.5, 0.6) is 0 Å². The van der Waals surface area contributed by atoms with Crippen molar-refractivity contribution in [1.82, 2.24) is 34.7 Å². The molecule has 4 aromatic rings. The van der Waals surface area contributed by atoms with Gasteiger partial charge in [0.25, 0.3) is 5.91 Å². The zero-order chi connectivity index (χ0) is 19.1. The Balaban J connectivity index is 1.30. The molecule has 1 amide bonds. The second kappa shape index (κ2) is 6.71. The van der Waals surface area contributed by atoms with Crippen molar-refractivity contribution in [3.63, 3.8) is 0 Å². The van der Waals surface area contributed by atoms with Gasteiger partial charge in [0.05, 0.1) is 4.88 Å². The van der Waals surface area contributed by atoms with E-state index in [0.717, 1.165) is 35.0 Å². The molecule has 28 heavy (non-hydrogen) atoms. The third kappa shape index (κ3) is 2.91. The van der Waals surface area contributed by atoms with Gasteiger partial charge in [0.15, 0.2) is 5.82 Å². The van der Waals surface area contributed by atoms with E-state index in [1.165, 1.54) is 0 Å². The lowest BCUT2D eigenvalue weighted by molar-refractivity contribution is 0.0931. The Kier molecular flexibility index (Phi) is 4.05. The zero-order valence-electron chi connectivity index (χ0n) is 15.2. The third-order valence-corrected chi connectivity index (χ3v) is 5.80. The lowest BCUT2D eigenvalue weighted by atomic mass is 10.2. The van der Waals surface area contributed by atoms with Crippen molar-refractivity contribution in [1.29, 1.82) is 0 Å². The number of nitrogens with zero attached hydrogens (tertiary/aromatic N) is 7. The van der Waals surface area contributed by atoms with Crippen molar-refractivity contribution >= 4 is 28.7 Å². The van der Waals surface area contributed by atoms with E-state index in [9.17, 15) is 4.79 Å². The molecule has 0 saturated carbocycles. The maximum absolute atomic E-state index is 12.8. The molecule has 5 heterocycles. The SMILES string of the molecule is Cn1nc(-c2cccs2)cc1C(=O)NC1CCN(c2nccn3cnnc23)C1. The lowest BCUT2D eigenvalue weighted by Crippen LogP contribution is -2.38. The first-order valence-electron chi connectivity index (χ1n) is 8.97. The second-order valence-electron chi connectivity index (χ2n) is 6.73. The Morgan fingerprint density at radius 1 is 1.39 bits per heavy atom. The Morgan fingerprint density at radius 2 is 2.32 bits per heavy atom. The van der Waals surface area contributed by atoms with Crippen molar-refractivity contribution in [2.45, 2.75) is 12.5 Å². The first kappa shape index (κ1) is 16.9. The molecule has 5 rings (SSSR count). The van der Waals surface area contributed by atoms with E-state index in [-0.39, 0.29) is 11.9 Å². The minimum absolute atomic E-state index is 0.0394. The molecular formula is C18H18N8OS. The monoisotopic (exact) mass is 394 g/mol. The molecule has 0 aromatic carbocycles. The molecule has 9 nitrogen and oxygen atoms in total. The number of anilines is 1. The highest BCUT2D eigenvalue weighted by atomic mass is 32.1. The summed E-state index contributed by atoms with van der Waals surface area (Å²) >= 11 is 1.61. The minimum Gasteiger partial charge on any atom is -0.351 e. The summed E-state index contributed by atoms with van der Waals surface area (Å²) in [5, 5.41) is 17.7. The van der Waals surface area contributed by atoms with Gasteiger partial charge in [-0.2, -0.15) is 5.10 Å². The van der Waals surface area contributed by atoms with Crippen molar-refractivity contribution in [3.8, 4) is 10.6 Å². The van der Waals surface area contributed by atoms with Crippen LogP contribution in [0, 0.1) is 0 Å². The summed E-state index contributed by atoms with van der Waals surface area (Å²) in [7, 11) is 1.79. The number of carbonyl (C=O) groups excluding carboxylic acids is 1. The number of hydrogen-bond acceptors (Lipinski definition) is 7. The summed E-state index contributed by atoms with van der Waals surface area (Å²) in [5.74, 6) is 0.676. The number of thiophene rings is 1. The Hall–Kier alpha value is -3.27. The van der Waals surface area contributed by atoms with Gasteiger partial charge in [0.1, 0.15) is 17.7 Å². The number of carbonyl (C=O) groups is 1. The lowest BCUT2D eigenvalue weighted by Gasteiger charge is -2.18. The molecule has 0 spiro atoms. The molecule has 1 N–H and O–H groups in total. The zero-order valence-corrected chi connectivity index (χ0v) is 16.0. The number of fused-ring (bicyclic) bond motifs is 1. The molecule has 142 valence electrons. The first-order valence-corrected chi connectivity index (χ1v) is 9.85. The molecule has 0 aliphatic carbocycles. The highest BCUT2D eigenvalue weighted by Crippen LogP contribution is 2.25. The van der Waals surface area contributed by atoms with Gasteiger partial charge in [-0.15, -0.1) is 21.5 Å². The fourth-order valence-corrected chi connectivity index (χ4v) is 4.20. The van der Waals surface area contributed by atoms with Gasteiger partial charge in [-0.3, -0.25) is 13.9 Å². The minimum atomic E-state index is -0.113. The van der Waals surface area contributed by atoms with Gasteiger partial charge in [-0.1, -0.05) is 6.07 Å². The van der Waals surface area contributed by atoms with Crippen LogP contribution in [0.25, 0.3) is 16.2 Å². The molecule has 1 saturated heterocycles. The molecule has 1 aliphatic heterocycles. The van der Waals surface area contributed by atoms with E-state index < -0.39 is 0 Å². The van der Waals surface area contributed by atoms with E-state index >= 15 is 0 Å². The normalized spacial score (nSPS) is 16.8. The van der Waals surface area contributed by atoms with E-state index in [2.05, 4.69) is 30.5 Å². The smallest absolute Gasteiger partial charge is 0.269 e. The van der Waals surface area contributed by atoms with Crippen LogP contribution < -0.4 is 10.2 Å². The Morgan fingerprint density at radius 3 is 3.18 bits per heavy atom. The molecule has 1 fully saturated rings. The number of hydrogen-bond donors (Lipinski definition) is 1. The summed E-state index contributed by atoms with van der Waals surface area (Å²) in [5.41, 5.74) is 2.10. The average Bonchev–Trinajstić information content (AvgIpc) is 3.47. The van der Waals surface area contributed by atoms with Gasteiger partial charge in [0.2, 0.25) is 5.65 Å². The summed E-state index contributed by atoms with van der Waals surface area (Å²) in [6.45, 7) is 1.48. The Bertz CT molecular complexity index is 1130. The van der Waals surface area contributed by atoms with Gasteiger partial charge in [0, 0.05) is 38.6 Å². The van der Waals surface area contributed by atoms with Crippen LogP contribution in [-0.4, -0.2) is 54.4 Å². The molecule has 0 bridgehead atoms. The molecule has 4 aromatic heterocycles. The highest BCUT2D eigenvalue weighted by Gasteiger charge is 2.28. The van der Waals surface area contributed by atoms with Crippen LogP contribution >= 0.6 is 11.3 Å². The quantitative estimate of drug-likeness (QED) is 0.565. The topological polar surface area (TPSA) is 93.2 Å². The van der Waals surface area contributed by atoms with Crippen molar-refractivity contribution in [3.05, 3.63) is 48.0 Å². The van der Waals surface area contributed by atoms with E-state index in [0.29, 0.717) is 12.2 Å². The molecule has 1 aliphatic rings. The highest BCUT2D eigenvalue weighted by molar-refractivity contribution is 7.13. The second-order valence-corrected chi connectivity index (χ2v) is 7.68. The summed E-state index contributed by atoms with van der Waals surface area (Å²) in [6, 6.07) is 5.86. The molecule has 1 unspecified atom stereocenters. The maximum Gasteiger partial charge on any atom is 0.269 e. The van der Waals surface area contributed by atoms with Crippen LogP contribution in [-0.2, 0) is 7.05 Å². The molecular weight excluding hydrogens is 376 g/mol. The van der Waals surface area contributed by atoms with Crippen LogP contribution in [0.1, 0.15) is 16.9 Å². The van der Waals surface area contributed by atoms with Crippen LogP contribution in [0.4, 0.5) is 5.82 Å². The number of rotatable bonds is 4. The van der Waals surface area contributed by atoms with Gasteiger partial charge in [-0.25, -0.2) is 4.98 Å². The molecule has 0 radical (unpaired) electrons. The van der Waals surface area contributed by atoms with Gasteiger partial charge in [-0.05, 0) is 23.9 Å². The predicted molar refractivity (Wildman–Crippen MR) is 105 cm³/mol. The van der Waals surface area contributed by atoms with Crippen LogP contribution in [0.15, 0.2) is 42.3 Å². The van der Waals surface area contributed by atoms with Gasteiger partial charge >= 0.3 is 0 Å². The maximum atomic E-state index is 12.8. The number of aryl methyl sites for hydroxylation is 1. The standard InChI is InChI=1S/C18H18N8OS/c1-24-14(9-13(23-24)15-3-2-8-28-15)18(27)21-12-4-6-25(10-12)16-17-22-20-11-26(17)7-5-19-16/h2-3,5,7-9,11-12H,4,6,10H2,1H3,(H,21,27). The summed E-state index contributed by atoms with van der Waals surface area (Å²) in [6.07, 6.45) is 6.06. The number of nitrogens with one attached hydrogen (secondary N) is 1. The third-order valence-electron chi connectivity index (χ3n) is 4.91. The first-order chi connectivity index (χ1) is 13.7. The van der Waals surface area contributed by atoms with E-state index in [1.54, 1.807) is 35.6 Å².